The molecule has 20 heavy (non-hydrogen) atoms. The van der Waals surface area contributed by atoms with E-state index < -0.39 is 0 Å². The molecule has 0 radical (unpaired) electrons. The van der Waals surface area contributed by atoms with Crippen molar-refractivity contribution in [2.45, 2.75) is 51.7 Å². The molecule has 0 spiro atoms. The van der Waals surface area contributed by atoms with Gasteiger partial charge < -0.3 is 14.8 Å². The highest BCUT2D eigenvalue weighted by Gasteiger charge is 2.14. The third-order valence-electron chi connectivity index (χ3n) is 3.62. The molecule has 1 heterocycles. The molecular formula is C17H27NO2. The predicted molar refractivity (Wildman–Crippen MR) is 82.1 cm³/mol. The summed E-state index contributed by atoms with van der Waals surface area (Å²) in [7, 11) is 0. The van der Waals surface area contributed by atoms with Gasteiger partial charge in [-0.05, 0) is 56.3 Å². The van der Waals surface area contributed by atoms with Crippen LogP contribution >= 0.6 is 0 Å². The van der Waals surface area contributed by atoms with Gasteiger partial charge in [0, 0.05) is 13.2 Å². The summed E-state index contributed by atoms with van der Waals surface area (Å²) < 4.78 is 11.4. The van der Waals surface area contributed by atoms with E-state index >= 15 is 0 Å². The first-order valence-corrected chi connectivity index (χ1v) is 7.92. The van der Waals surface area contributed by atoms with Gasteiger partial charge >= 0.3 is 0 Å². The van der Waals surface area contributed by atoms with E-state index in [1.807, 2.05) is 6.07 Å². The van der Waals surface area contributed by atoms with Gasteiger partial charge in [0.25, 0.3) is 0 Å². The van der Waals surface area contributed by atoms with Gasteiger partial charge in [0.05, 0.1) is 12.7 Å². The van der Waals surface area contributed by atoms with Gasteiger partial charge in [0.15, 0.2) is 0 Å². The molecule has 0 bridgehead atoms. The Hall–Kier alpha value is -1.06. The fraction of sp³-hybridized carbons (Fsp3) is 0.647. The molecule has 1 aromatic carbocycles. The number of benzene rings is 1. The Bertz CT molecular complexity index is 375. The minimum Gasteiger partial charge on any atom is -0.494 e. The van der Waals surface area contributed by atoms with E-state index in [0.717, 1.165) is 44.9 Å². The zero-order chi connectivity index (χ0) is 14.0. The molecule has 1 fully saturated rings. The van der Waals surface area contributed by atoms with Crippen molar-refractivity contribution in [2.75, 3.05) is 19.8 Å². The van der Waals surface area contributed by atoms with Crippen LogP contribution in [0.4, 0.5) is 0 Å². The molecule has 1 saturated heterocycles. The van der Waals surface area contributed by atoms with Crippen LogP contribution in [0.3, 0.4) is 0 Å². The Morgan fingerprint density at radius 3 is 3.15 bits per heavy atom. The third-order valence-corrected chi connectivity index (χ3v) is 3.62. The van der Waals surface area contributed by atoms with Crippen molar-refractivity contribution in [3.63, 3.8) is 0 Å². The maximum absolute atomic E-state index is 5.83. The monoisotopic (exact) mass is 277 g/mol. The van der Waals surface area contributed by atoms with E-state index in [4.69, 9.17) is 9.47 Å². The van der Waals surface area contributed by atoms with Crippen molar-refractivity contribution in [3.8, 4) is 5.75 Å². The van der Waals surface area contributed by atoms with Crippen molar-refractivity contribution in [3.05, 3.63) is 29.8 Å². The molecule has 0 amide bonds. The number of rotatable bonds is 9. The molecule has 1 aliphatic heterocycles. The van der Waals surface area contributed by atoms with Crippen LogP contribution < -0.4 is 10.1 Å². The smallest absolute Gasteiger partial charge is 0.119 e. The molecule has 1 unspecified atom stereocenters. The van der Waals surface area contributed by atoms with Gasteiger partial charge in [0.1, 0.15) is 5.75 Å². The Kier molecular flexibility index (Phi) is 6.89. The van der Waals surface area contributed by atoms with Crippen LogP contribution in [-0.4, -0.2) is 25.9 Å². The lowest BCUT2D eigenvalue weighted by molar-refractivity contribution is 0.0981. The summed E-state index contributed by atoms with van der Waals surface area (Å²) in [5, 5.41) is 3.41. The summed E-state index contributed by atoms with van der Waals surface area (Å²) in [4.78, 5) is 0. The quantitative estimate of drug-likeness (QED) is 0.701. The van der Waals surface area contributed by atoms with E-state index in [2.05, 4.69) is 30.4 Å². The largest absolute Gasteiger partial charge is 0.494 e. The van der Waals surface area contributed by atoms with Crippen molar-refractivity contribution >= 4 is 0 Å². The highest BCUT2D eigenvalue weighted by Crippen LogP contribution is 2.18. The van der Waals surface area contributed by atoms with Crippen LogP contribution in [0.1, 0.15) is 44.6 Å². The Balaban J connectivity index is 1.65. The molecule has 0 saturated carbocycles. The molecule has 1 aliphatic rings. The number of hydrogen-bond donors (Lipinski definition) is 1. The first-order chi connectivity index (χ1) is 9.88. The Morgan fingerprint density at radius 1 is 1.40 bits per heavy atom. The van der Waals surface area contributed by atoms with Gasteiger partial charge in [-0.2, -0.15) is 0 Å². The molecular weight excluding hydrogens is 250 g/mol. The SMILES string of the molecule is CCCNCc1cccc(OCCCC2CCCO2)c1. The van der Waals surface area contributed by atoms with Crippen LogP contribution in [0.15, 0.2) is 24.3 Å². The summed E-state index contributed by atoms with van der Waals surface area (Å²) in [5.41, 5.74) is 1.29. The maximum atomic E-state index is 5.83. The zero-order valence-electron chi connectivity index (χ0n) is 12.6. The fourth-order valence-corrected chi connectivity index (χ4v) is 2.53. The van der Waals surface area contributed by atoms with Crippen LogP contribution in [0.5, 0.6) is 5.75 Å². The average Bonchev–Trinajstić information content (AvgIpc) is 2.98. The van der Waals surface area contributed by atoms with Crippen LogP contribution in [0.2, 0.25) is 0 Å². The van der Waals surface area contributed by atoms with Gasteiger partial charge in [-0.3, -0.25) is 0 Å². The second kappa shape index (κ2) is 8.98. The summed E-state index contributed by atoms with van der Waals surface area (Å²) in [5.74, 6) is 0.980. The van der Waals surface area contributed by atoms with E-state index in [0.29, 0.717) is 6.10 Å². The minimum atomic E-state index is 0.475. The lowest BCUT2D eigenvalue weighted by atomic mass is 10.1. The molecule has 1 N–H and O–H groups in total. The topological polar surface area (TPSA) is 30.5 Å². The summed E-state index contributed by atoms with van der Waals surface area (Å²) in [6.07, 6.45) is 6.28. The summed E-state index contributed by atoms with van der Waals surface area (Å²) in [6, 6.07) is 8.38. The zero-order valence-corrected chi connectivity index (χ0v) is 12.6. The van der Waals surface area contributed by atoms with Crippen molar-refractivity contribution < 1.29 is 9.47 Å². The second-order valence-electron chi connectivity index (χ2n) is 5.45. The molecule has 0 aliphatic carbocycles. The standard InChI is InChI=1S/C17H27NO2/c1-2-10-18-14-15-6-3-7-17(13-15)20-12-5-9-16-8-4-11-19-16/h3,6-7,13,16,18H,2,4-5,8-12,14H2,1H3. The molecule has 3 nitrogen and oxygen atoms in total. The first-order valence-electron chi connectivity index (χ1n) is 7.92. The molecule has 3 heteroatoms. The van der Waals surface area contributed by atoms with Crippen LogP contribution in [0, 0.1) is 0 Å². The lowest BCUT2D eigenvalue weighted by Gasteiger charge is -2.11. The molecule has 1 atom stereocenters. The predicted octanol–water partition coefficient (Wildman–Crippen LogP) is 3.52. The lowest BCUT2D eigenvalue weighted by Crippen LogP contribution is -2.13. The minimum absolute atomic E-state index is 0.475. The molecule has 2 rings (SSSR count). The van der Waals surface area contributed by atoms with Gasteiger partial charge in [-0.25, -0.2) is 0 Å². The second-order valence-corrected chi connectivity index (χ2v) is 5.45. The van der Waals surface area contributed by atoms with Gasteiger partial charge in [-0.1, -0.05) is 19.1 Å². The van der Waals surface area contributed by atoms with Gasteiger partial charge in [0.2, 0.25) is 0 Å². The highest BCUT2D eigenvalue weighted by molar-refractivity contribution is 5.28. The number of ether oxygens (including phenoxy) is 2. The summed E-state index contributed by atoms with van der Waals surface area (Å²) >= 11 is 0. The molecule has 0 aromatic heterocycles. The third kappa shape index (κ3) is 5.51. The van der Waals surface area contributed by atoms with Gasteiger partial charge in [-0.15, -0.1) is 0 Å². The van der Waals surface area contributed by atoms with Crippen molar-refractivity contribution in [1.82, 2.24) is 5.32 Å². The molecule has 112 valence electrons. The van der Waals surface area contributed by atoms with Crippen LogP contribution in [0.25, 0.3) is 0 Å². The van der Waals surface area contributed by atoms with E-state index in [9.17, 15) is 0 Å². The van der Waals surface area contributed by atoms with E-state index in [1.54, 1.807) is 0 Å². The van der Waals surface area contributed by atoms with Crippen molar-refractivity contribution in [2.24, 2.45) is 0 Å². The summed E-state index contributed by atoms with van der Waals surface area (Å²) in [6.45, 7) is 5.89. The molecule has 1 aromatic rings. The average molecular weight is 277 g/mol. The van der Waals surface area contributed by atoms with Crippen molar-refractivity contribution in [1.29, 1.82) is 0 Å². The number of hydrogen-bond acceptors (Lipinski definition) is 3. The van der Waals surface area contributed by atoms with E-state index in [1.165, 1.54) is 24.8 Å². The first kappa shape index (κ1) is 15.3. The number of nitrogens with one attached hydrogen (secondary N) is 1. The highest BCUT2D eigenvalue weighted by atomic mass is 16.5. The normalized spacial score (nSPS) is 18.4. The Morgan fingerprint density at radius 2 is 2.35 bits per heavy atom. The van der Waals surface area contributed by atoms with Crippen LogP contribution in [-0.2, 0) is 11.3 Å². The Labute approximate surface area is 122 Å². The fourth-order valence-electron chi connectivity index (χ4n) is 2.53. The van der Waals surface area contributed by atoms with E-state index in [-0.39, 0.29) is 0 Å². The maximum Gasteiger partial charge on any atom is 0.119 e.